The summed E-state index contributed by atoms with van der Waals surface area (Å²) in [5.74, 6) is -0.226. The van der Waals surface area contributed by atoms with Crippen molar-refractivity contribution in [3.8, 4) is 0 Å². The number of halogens is 2. The maximum Gasteiger partial charge on any atom is 0.124 e. The van der Waals surface area contributed by atoms with Crippen molar-refractivity contribution in [2.45, 2.75) is 6.04 Å². The van der Waals surface area contributed by atoms with Gasteiger partial charge in [-0.15, -0.1) is 11.3 Å². The fraction of sp³-hybridized carbons (Fsp3) is 0.154. The summed E-state index contributed by atoms with van der Waals surface area (Å²) in [5, 5.41) is 5.17. The molecule has 19 heavy (non-hydrogen) atoms. The molecule has 0 spiro atoms. The molecule has 0 saturated carbocycles. The number of thiophene rings is 1. The lowest BCUT2D eigenvalue weighted by Gasteiger charge is -2.10. The highest BCUT2D eigenvalue weighted by Crippen LogP contribution is 2.34. The van der Waals surface area contributed by atoms with Gasteiger partial charge in [0.15, 0.2) is 0 Å². The molecule has 1 atom stereocenters. The molecule has 2 N–H and O–H groups in total. The highest BCUT2D eigenvalue weighted by atomic mass is 79.9. The molecule has 1 aromatic carbocycles. The summed E-state index contributed by atoms with van der Waals surface area (Å²) in [5.41, 5.74) is 7.20. The number of aromatic nitrogens is 2. The van der Waals surface area contributed by atoms with Crippen molar-refractivity contribution in [1.29, 1.82) is 0 Å². The average Bonchev–Trinajstić information content (AvgIpc) is 2.92. The molecule has 3 rings (SSSR count). The van der Waals surface area contributed by atoms with Crippen LogP contribution in [0.25, 0.3) is 10.1 Å². The number of nitrogens with zero attached hydrogens (tertiary/aromatic N) is 2. The van der Waals surface area contributed by atoms with Gasteiger partial charge in [-0.25, -0.2) is 4.39 Å². The quantitative estimate of drug-likeness (QED) is 0.775. The van der Waals surface area contributed by atoms with E-state index >= 15 is 0 Å². The van der Waals surface area contributed by atoms with Crippen LogP contribution in [-0.2, 0) is 7.05 Å². The summed E-state index contributed by atoms with van der Waals surface area (Å²) in [7, 11) is 1.85. The first-order valence-corrected chi connectivity index (χ1v) is 7.29. The standard InChI is InChI=1S/C13H11BrFN3S/c1-18-13(9(14)6-17-18)12(16)11-4-7-2-3-8(15)5-10(7)19-11/h2-6,12H,16H2,1H3. The normalized spacial score (nSPS) is 13.1. The SMILES string of the molecule is Cn1ncc(Br)c1C(N)c1cc2ccc(F)cc2s1. The Labute approximate surface area is 122 Å². The van der Waals surface area contributed by atoms with Crippen LogP contribution in [0.15, 0.2) is 34.9 Å². The maximum absolute atomic E-state index is 13.2. The second-order valence-electron chi connectivity index (χ2n) is 4.31. The topological polar surface area (TPSA) is 43.8 Å². The first-order valence-electron chi connectivity index (χ1n) is 5.68. The van der Waals surface area contributed by atoms with Gasteiger partial charge in [0.2, 0.25) is 0 Å². The van der Waals surface area contributed by atoms with Crippen LogP contribution in [0.4, 0.5) is 4.39 Å². The molecular formula is C13H11BrFN3S. The van der Waals surface area contributed by atoms with Crippen LogP contribution >= 0.6 is 27.3 Å². The molecule has 6 heteroatoms. The van der Waals surface area contributed by atoms with E-state index in [4.69, 9.17) is 5.73 Å². The summed E-state index contributed by atoms with van der Waals surface area (Å²) >= 11 is 4.96. The highest BCUT2D eigenvalue weighted by molar-refractivity contribution is 9.10. The van der Waals surface area contributed by atoms with E-state index in [2.05, 4.69) is 21.0 Å². The Morgan fingerprint density at radius 1 is 1.42 bits per heavy atom. The Hall–Kier alpha value is -1.24. The molecule has 0 radical (unpaired) electrons. The minimum Gasteiger partial charge on any atom is -0.318 e. The second kappa shape index (κ2) is 4.70. The van der Waals surface area contributed by atoms with Gasteiger partial charge in [0.25, 0.3) is 0 Å². The minimum atomic E-state index is -0.276. The van der Waals surface area contributed by atoms with Crippen LogP contribution in [0.2, 0.25) is 0 Å². The summed E-state index contributed by atoms with van der Waals surface area (Å²) in [6.07, 6.45) is 1.72. The van der Waals surface area contributed by atoms with E-state index in [1.165, 1.54) is 23.5 Å². The van der Waals surface area contributed by atoms with E-state index in [-0.39, 0.29) is 11.9 Å². The van der Waals surface area contributed by atoms with Gasteiger partial charge in [0.05, 0.1) is 22.4 Å². The number of benzene rings is 1. The first-order chi connectivity index (χ1) is 9.06. The predicted octanol–water partition coefficient (Wildman–Crippen LogP) is 3.58. The Kier molecular flexibility index (Phi) is 3.16. The number of hydrogen-bond donors (Lipinski definition) is 1. The summed E-state index contributed by atoms with van der Waals surface area (Å²) in [6, 6.07) is 6.50. The molecule has 0 amide bonds. The van der Waals surface area contributed by atoms with Crippen molar-refractivity contribution in [2.24, 2.45) is 12.8 Å². The van der Waals surface area contributed by atoms with Crippen molar-refractivity contribution >= 4 is 37.4 Å². The Bertz CT molecular complexity index is 730. The van der Waals surface area contributed by atoms with Crippen molar-refractivity contribution in [3.63, 3.8) is 0 Å². The zero-order valence-corrected chi connectivity index (χ0v) is 12.5. The molecule has 0 aliphatic heterocycles. The molecule has 2 aromatic heterocycles. The van der Waals surface area contributed by atoms with Gasteiger partial charge in [-0.1, -0.05) is 6.07 Å². The van der Waals surface area contributed by atoms with Gasteiger partial charge in [0, 0.05) is 16.6 Å². The number of aryl methyl sites for hydroxylation is 1. The Morgan fingerprint density at radius 3 is 2.89 bits per heavy atom. The molecular weight excluding hydrogens is 329 g/mol. The van der Waals surface area contributed by atoms with E-state index in [9.17, 15) is 4.39 Å². The van der Waals surface area contributed by atoms with Crippen molar-refractivity contribution < 1.29 is 4.39 Å². The van der Waals surface area contributed by atoms with Gasteiger partial charge < -0.3 is 5.73 Å². The molecule has 98 valence electrons. The van der Waals surface area contributed by atoms with Crippen molar-refractivity contribution in [2.75, 3.05) is 0 Å². The first kappa shape index (κ1) is 12.8. The molecule has 3 aromatic rings. The fourth-order valence-corrected chi connectivity index (χ4v) is 3.77. The van der Waals surface area contributed by atoms with Crippen LogP contribution < -0.4 is 5.73 Å². The van der Waals surface area contributed by atoms with Crippen LogP contribution in [0.3, 0.4) is 0 Å². The smallest absolute Gasteiger partial charge is 0.124 e. The Balaban J connectivity index is 2.09. The molecule has 0 saturated heterocycles. The molecule has 1 unspecified atom stereocenters. The zero-order valence-electron chi connectivity index (χ0n) is 10.1. The highest BCUT2D eigenvalue weighted by Gasteiger charge is 2.19. The second-order valence-corrected chi connectivity index (χ2v) is 6.28. The number of hydrogen-bond acceptors (Lipinski definition) is 3. The van der Waals surface area contributed by atoms with Crippen molar-refractivity contribution in [3.05, 3.63) is 51.3 Å². The van der Waals surface area contributed by atoms with Crippen molar-refractivity contribution in [1.82, 2.24) is 9.78 Å². The van der Waals surface area contributed by atoms with Crippen LogP contribution in [-0.4, -0.2) is 9.78 Å². The van der Waals surface area contributed by atoms with Gasteiger partial charge in [-0.05, 0) is 39.5 Å². The maximum atomic E-state index is 13.2. The van der Waals surface area contributed by atoms with Gasteiger partial charge in [0.1, 0.15) is 5.82 Å². The Morgan fingerprint density at radius 2 is 2.21 bits per heavy atom. The molecule has 0 aliphatic carbocycles. The predicted molar refractivity (Wildman–Crippen MR) is 78.7 cm³/mol. The van der Waals surface area contributed by atoms with Crippen LogP contribution in [0, 0.1) is 5.82 Å². The summed E-state index contributed by atoms with van der Waals surface area (Å²) < 4.78 is 16.7. The largest absolute Gasteiger partial charge is 0.318 e. The number of rotatable bonds is 2. The number of nitrogens with two attached hydrogens (primary N) is 1. The number of fused-ring (bicyclic) bond motifs is 1. The van der Waals surface area contributed by atoms with Gasteiger partial charge in [-0.2, -0.15) is 5.10 Å². The molecule has 0 bridgehead atoms. The zero-order chi connectivity index (χ0) is 13.6. The fourth-order valence-electron chi connectivity index (χ4n) is 2.08. The molecule has 2 heterocycles. The monoisotopic (exact) mass is 339 g/mol. The van der Waals surface area contributed by atoms with Crippen LogP contribution in [0.5, 0.6) is 0 Å². The summed E-state index contributed by atoms with van der Waals surface area (Å²) in [4.78, 5) is 0.991. The van der Waals surface area contributed by atoms with E-state index in [0.29, 0.717) is 0 Å². The average molecular weight is 340 g/mol. The molecule has 3 nitrogen and oxygen atoms in total. The molecule has 0 aliphatic rings. The lowest BCUT2D eigenvalue weighted by Crippen LogP contribution is -2.15. The lowest BCUT2D eigenvalue weighted by atomic mass is 10.1. The van der Waals surface area contributed by atoms with Gasteiger partial charge >= 0.3 is 0 Å². The van der Waals surface area contributed by atoms with Crippen LogP contribution in [0.1, 0.15) is 16.6 Å². The van der Waals surface area contributed by atoms with E-state index in [1.54, 1.807) is 16.9 Å². The van der Waals surface area contributed by atoms with E-state index in [0.717, 1.165) is 25.1 Å². The molecule has 0 fully saturated rings. The third-order valence-corrected chi connectivity index (χ3v) is 4.83. The van der Waals surface area contributed by atoms with Gasteiger partial charge in [-0.3, -0.25) is 4.68 Å². The third kappa shape index (κ3) is 2.20. The lowest BCUT2D eigenvalue weighted by molar-refractivity contribution is 0.630. The summed E-state index contributed by atoms with van der Waals surface area (Å²) in [6.45, 7) is 0. The van der Waals surface area contributed by atoms with E-state index < -0.39 is 0 Å². The minimum absolute atomic E-state index is 0.226. The third-order valence-electron chi connectivity index (χ3n) is 3.04. The van der Waals surface area contributed by atoms with E-state index in [1.807, 2.05) is 13.1 Å².